The van der Waals surface area contributed by atoms with E-state index in [-0.39, 0.29) is 5.91 Å². The van der Waals surface area contributed by atoms with Crippen molar-refractivity contribution in [1.82, 2.24) is 5.16 Å². The fraction of sp³-hybridized carbons (Fsp3) is 0.231. The number of anilines is 2. The normalized spacial score (nSPS) is 10.3. The Labute approximate surface area is 110 Å². The Morgan fingerprint density at radius 1 is 1.37 bits per heavy atom. The predicted molar refractivity (Wildman–Crippen MR) is 71.3 cm³/mol. The Morgan fingerprint density at radius 3 is 2.68 bits per heavy atom. The van der Waals surface area contributed by atoms with Gasteiger partial charge in [0.25, 0.3) is 5.91 Å². The molecule has 0 radical (unpaired) electrons. The maximum atomic E-state index is 12.1. The Kier molecular flexibility index (Phi) is 3.41. The molecule has 0 saturated carbocycles. The third-order valence-electron chi connectivity index (χ3n) is 2.81. The van der Waals surface area contributed by atoms with E-state index in [4.69, 9.17) is 15.0 Å². The summed E-state index contributed by atoms with van der Waals surface area (Å²) >= 11 is 0. The van der Waals surface area contributed by atoms with Gasteiger partial charge in [-0.2, -0.15) is 0 Å². The maximum absolute atomic E-state index is 12.1. The zero-order valence-electron chi connectivity index (χ0n) is 11.0. The van der Waals surface area contributed by atoms with E-state index in [1.807, 2.05) is 6.92 Å². The number of aryl methyl sites for hydroxylation is 1. The van der Waals surface area contributed by atoms with E-state index in [1.165, 1.54) is 7.11 Å². The molecule has 1 heterocycles. The zero-order valence-corrected chi connectivity index (χ0v) is 11.0. The van der Waals surface area contributed by atoms with E-state index < -0.39 is 0 Å². The number of amides is 1. The van der Waals surface area contributed by atoms with Crippen LogP contribution in [-0.2, 0) is 0 Å². The Bertz CT molecular complexity index is 620. The number of carbonyl (C=O) groups excluding carboxylic acids is 1. The SMILES string of the molecule is COc1cc(N)cc(C(=O)Nc2onc(C)c2C)c1. The van der Waals surface area contributed by atoms with Gasteiger partial charge in [0.05, 0.1) is 12.8 Å². The smallest absolute Gasteiger partial charge is 0.258 e. The van der Waals surface area contributed by atoms with Crippen LogP contribution in [0.25, 0.3) is 0 Å². The molecule has 0 saturated heterocycles. The van der Waals surface area contributed by atoms with Crippen molar-refractivity contribution in [3.05, 3.63) is 35.0 Å². The average molecular weight is 261 g/mol. The third-order valence-corrected chi connectivity index (χ3v) is 2.81. The monoisotopic (exact) mass is 261 g/mol. The van der Waals surface area contributed by atoms with Crippen molar-refractivity contribution >= 4 is 17.5 Å². The third kappa shape index (κ3) is 2.67. The van der Waals surface area contributed by atoms with Gasteiger partial charge in [0, 0.05) is 22.9 Å². The van der Waals surface area contributed by atoms with Crippen LogP contribution >= 0.6 is 0 Å². The second-order valence-electron chi connectivity index (χ2n) is 4.17. The Morgan fingerprint density at radius 2 is 2.11 bits per heavy atom. The summed E-state index contributed by atoms with van der Waals surface area (Å²) in [5.74, 6) is 0.532. The minimum absolute atomic E-state index is 0.329. The van der Waals surface area contributed by atoms with E-state index in [0.717, 1.165) is 11.3 Å². The van der Waals surface area contributed by atoms with Gasteiger partial charge < -0.3 is 15.0 Å². The van der Waals surface area contributed by atoms with E-state index in [2.05, 4.69) is 10.5 Å². The second-order valence-corrected chi connectivity index (χ2v) is 4.17. The van der Waals surface area contributed by atoms with Crippen LogP contribution in [0.5, 0.6) is 5.75 Å². The van der Waals surface area contributed by atoms with Crippen LogP contribution in [0, 0.1) is 13.8 Å². The zero-order chi connectivity index (χ0) is 14.0. The summed E-state index contributed by atoms with van der Waals surface area (Å²) in [4.78, 5) is 12.1. The van der Waals surface area contributed by atoms with Crippen molar-refractivity contribution < 1.29 is 14.1 Å². The summed E-state index contributed by atoms with van der Waals surface area (Å²) in [5.41, 5.74) is 8.08. The molecule has 2 rings (SSSR count). The van der Waals surface area contributed by atoms with Crippen LogP contribution in [0.4, 0.5) is 11.6 Å². The molecule has 0 aliphatic heterocycles. The topological polar surface area (TPSA) is 90.4 Å². The van der Waals surface area contributed by atoms with Gasteiger partial charge in [-0.3, -0.25) is 10.1 Å². The van der Waals surface area contributed by atoms with Crippen molar-refractivity contribution in [2.75, 3.05) is 18.2 Å². The first-order valence-electron chi connectivity index (χ1n) is 5.70. The van der Waals surface area contributed by atoms with Crippen LogP contribution in [0.2, 0.25) is 0 Å². The summed E-state index contributed by atoms with van der Waals surface area (Å²) in [6.45, 7) is 3.62. The molecule has 0 fully saturated rings. The molecule has 1 amide bonds. The molecule has 0 aliphatic rings. The number of nitrogen functional groups attached to an aromatic ring is 1. The number of aromatic nitrogens is 1. The molecule has 0 unspecified atom stereocenters. The number of ether oxygens (including phenoxy) is 1. The molecule has 0 atom stereocenters. The molecular formula is C13H15N3O3. The first-order chi connectivity index (χ1) is 9.01. The van der Waals surface area contributed by atoms with Crippen molar-refractivity contribution in [3.8, 4) is 5.75 Å². The molecule has 1 aromatic carbocycles. The minimum atomic E-state index is -0.329. The molecule has 2 aromatic rings. The largest absolute Gasteiger partial charge is 0.497 e. The predicted octanol–water partition coefficient (Wildman–Crippen LogP) is 2.13. The van der Waals surface area contributed by atoms with E-state index in [1.54, 1.807) is 25.1 Å². The van der Waals surface area contributed by atoms with Crippen LogP contribution in [0.15, 0.2) is 22.7 Å². The van der Waals surface area contributed by atoms with Gasteiger partial charge >= 0.3 is 0 Å². The molecular weight excluding hydrogens is 246 g/mol. The van der Waals surface area contributed by atoms with Crippen molar-refractivity contribution in [1.29, 1.82) is 0 Å². The van der Waals surface area contributed by atoms with Gasteiger partial charge in [-0.05, 0) is 26.0 Å². The van der Waals surface area contributed by atoms with Gasteiger partial charge in [-0.1, -0.05) is 5.16 Å². The van der Waals surface area contributed by atoms with Crippen molar-refractivity contribution in [3.63, 3.8) is 0 Å². The first-order valence-corrected chi connectivity index (χ1v) is 5.70. The maximum Gasteiger partial charge on any atom is 0.258 e. The fourth-order valence-corrected chi connectivity index (χ4v) is 1.58. The standard InChI is InChI=1S/C13H15N3O3/c1-7-8(2)16-19-13(7)15-12(17)9-4-10(14)6-11(5-9)18-3/h4-6H,14H2,1-3H3,(H,15,17). The fourth-order valence-electron chi connectivity index (χ4n) is 1.58. The van der Waals surface area contributed by atoms with Gasteiger partial charge in [0.1, 0.15) is 5.75 Å². The lowest BCUT2D eigenvalue weighted by Crippen LogP contribution is -2.12. The van der Waals surface area contributed by atoms with Crippen molar-refractivity contribution in [2.24, 2.45) is 0 Å². The van der Waals surface area contributed by atoms with Crippen LogP contribution in [0.3, 0.4) is 0 Å². The van der Waals surface area contributed by atoms with Gasteiger partial charge in [-0.25, -0.2) is 0 Å². The lowest BCUT2D eigenvalue weighted by molar-refractivity contribution is 0.102. The van der Waals surface area contributed by atoms with Gasteiger partial charge in [-0.15, -0.1) is 0 Å². The number of hydrogen-bond acceptors (Lipinski definition) is 5. The Hall–Kier alpha value is -2.50. The van der Waals surface area contributed by atoms with Gasteiger partial charge in [0.15, 0.2) is 0 Å². The molecule has 0 spiro atoms. The lowest BCUT2D eigenvalue weighted by atomic mass is 10.1. The van der Waals surface area contributed by atoms with Crippen LogP contribution in [0.1, 0.15) is 21.6 Å². The van der Waals surface area contributed by atoms with E-state index in [9.17, 15) is 4.79 Å². The second kappa shape index (κ2) is 5.01. The first kappa shape index (κ1) is 12.9. The molecule has 6 nitrogen and oxygen atoms in total. The Balaban J connectivity index is 2.25. The highest BCUT2D eigenvalue weighted by atomic mass is 16.5. The number of carbonyl (C=O) groups is 1. The molecule has 6 heteroatoms. The van der Waals surface area contributed by atoms with Crippen LogP contribution in [-0.4, -0.2) is 18.2 Å². The number of nitrogens with zero attached hydrogens (tertiary/aromatic N) is 1. The number of rotatable bonds is 3. The number of hydrogen-bond donors (Lipinski definition) is 2. The molecule has 19 heavy (non-hydrogen) atoms. The van der Waals surface area contributed by atoms with E-state index in [0.29, 0.717) is 22.9 Å². The number of nitrogens with two attached hydrogens (primary N) is 1. The van der Waals surface area contributed by atoms with Crippen molar-refractivity contribution in [2.45, 2.75) is 13.8 Å². The lowest BCUT2D eigenvalue weighted by Gasteiger charge is -2.06. The molecule has 0 bridgehead atoms. The number of benzene rings is 1. The average Bonchev–Trinajstić information content (AvgIpc) is 2.70. The number of nitrogens with one attached hydrogen (secondary N) is 1. The quantitative estimate of drug-likeness (QED) is 0.826. The summed E-state index contributed by atoms with van der Waals surface area (Å²) in [6.07, 6.45) is 0. The van der Waals surface area contributed by atoms with E-state index >= 15 is 0 Å². The summed E-state index contributed by atoms with van der Waals surface area (Å²) < 4.78 is 10.1. The number of methoxy groups -OCH3 is 1. The minimum Gasteiger partial charge on any atom is -0.497 e. The molecule has 100 valence electrons. The highest BCUT2D eigenvalue weighted by Crippen LogP contribution is 2.21. The molecule has 3 N–H and O–H groups in total. The highest BCUT2D eigenvalue weighted by molar-refractivity contribution is 6.04. The van der Waals surface area contributed by atoms with Gasteiger partial charge in [0.2, 0.25) is 5.88 Å². The van der Waals surface area contributed by atoms with Crippen LogP contribution < -0.4 is 15.8 Å². The molecule has 1 aromatic heterocycles. The summed E-state index contributed by atoms with van der Waals surface area (Å²) in [5, 5.41) is 6.42. The highest BCUT2D eigenvalue weighted by Gasteiger charge is 2.14. The summed E-state index contributed by atoms with van der Waals surface area (Å²) in [6, 6.07) is 4.81. The molecule has 0 aliphatic carbocycles. The summed E-state index contributed by atoms with van der Waals surface area (Å²) in [7, 11) is 1.51.